The van der Waals surface area contributed by atoms with Gasteiger partial charge in [-0.05, 0) is 29.3 Å². The summed E-state index contributed by atoms with van der Waals surface area (Å²) in [6.07, 6.45) is 9.70. The Labute approximate surface area is 234 Å². The van der Waals surface area contributed by atoms with Crippen LogP contribution in [0.2, 0.25) is 0 Å². The van der Waals surface area contributed by atoms with Crippen LogP contribution in [0.4, 0.5) is 5.13 Å². The molecule has 4 heterocycles. The van der Waals surface area contributed by atoms with Crippen LogP contribution in [0.15, 0.2) is 22.1 Å². The third-order valence-corrected chi connectivity index (χ3v) is 9.60. The van der Waals surface area contributed by atoms with E-state index in [9.17, 15) is 19.5 Å². The van der Waals surface area contributed by atoms with Crippen molar-refractivity contribution in [2.24, 2.45) is 10.6 Å². The van der Waals surface area contributed by atoms with Gasteiger partial charge in [-0.15, -0.1) is 23.3 Å². The first kappa shape index (κ1) is 26.9. The molecule has 2 amide bonds. The van der Waals surface area contributed by atoms with E-state index in [4.69, 9.17) is 17.0 Å². The van der Waals surface area contributed by atoms with Crippen molar-refractivity contribution in [2.45, 2.75) is 42.4 Å². The van der Waals surface area contributed by atoms with Crippen molar-refractivity contribution in [2.75, 3.05) is 23.8 Å². The molecule has 3 atom stereocenters. The lowest BCUT2D eigenvalue weighted by Gasteiger charge is -2.53. The van der Waals surface area contributed by atoms with E-state index in [-0.39, 0.29) is 41.3 Å². The van der Waals surface area contributed by atoms with E-state index in [1.807, 2.05) is 6.08 Å². The van der Waals surface area contributed by atoms with E-state index in [1.165, 1.54) is 21.3 Å². The Balaban J connectivity index is 1.26. The predicted molar refractivity (Wildman–Crippen MR) is 141 cm³/mol. The van der Waals surface area contributed by atoms with Gasteiger partial charge in [-0.2, -0.15) is 9.36 Å². The first-order valence-corrected chi connectivity index (χ1v) is 14.4. The minimum Gasteiger partial charge on any atom is -0.481 e. The molecule has 39 heavy (non-hydrogen) atoms. The highest BCUT2D eigenvalue weighted by Gasteiger charge is 2.57. The molecule has 0 saturated carbocycles. The van der Waals surface area contributed by atoms with E-state index < -0.39 is 34.6 Å². The molecule has 18 heteroatoms. The number of nitrogen functional groups attached to an aromatic ring is 1. The van der Waals surface area contributed by atoms with Crippen molar-refractivity contribution in [1.29, 1.82) is 0 Å². The second kappa shape index (κ2) is 11.2. The molecule has 204 valence electrons. The number of fused-ring (bicyclic) bond motifs is 1. The van der Waals surface area contributed by atoms with Crippen molar-refractivity contribution in [1.82, 2.24) is 39.8 Å². The predicted octanol–water partition coefficient (Wildman–Crippen LogP) is -0.208. The number of oxime groups is 1. The summed E-state index contributed by atoms with van der Waals surface area (Å²) in [4.78, 5) is 49.5. The molecule has 2 aliphatic heterocycles. The molecular formula is C21H22N10O5S3. The maximum atomic E-state index is 13.2. The SMILES string of the molecule is C#CCn1nnnc1SCC1(C(=O)O)CS[C@@H]2C(NC(=O)C(=NOC3=CCCC3)c3nsc(N)n3)C(=O)N2C1. The van der Waals surface area contributed by atoms with E-state index in [0.717, 1.165) is 36.1 Å². The number of hydrogen-bond donors (Lipinski definition) is 3. The van der Waals surface area contributed by atoms with Crippen LogP contribution in [0.1, 0.15) is 25.1 Å². The smallest absolute Gasteiger partial charge is 0.313 e. The molecule has 1 aliphatic carbocycles. The molecule has 0 aromatic carbocycles. The van der Waals surface area contributed by atoms with E-state index >= 15 is 0 Å². The average molecular weight is 591 g/mol. The molecule has 3 aliphatic rings. The number of nitrogens with zero attached hydrogens (tertiary/aromatic N) is 8. The number of amides is 2. The highest BCUT2D eigenvalue weighted by molar-refractivity contribution is 8.00. The van der Waals surface area contributed by atoms with Gasteiger partial charge in [-0.3, -0.25) is 14.4 Å². The van der Waals surface area contributed by atoms with Crippen molar-refractivity contribution < 1.29 is 24.3 Å². The van der Waals surface area contributed by atoms with Crippen molar-refractivity contribution in [3.63, 3.8) is 0 Å². The second-order valence-corrected chi connectivity index (χ2v) is 11.7. The molecule has 0 bridgehead atoms. The number of aromatic nitrogens is 6. The number of carboxylic acid groups (broad SMARTS) is 1. The third kappa shape index (κ3) is 5.42. The number of nitrogens with one attached hydrogen (secondary N) is 1. The lowest BCUT2D eigenvalue weighted by Crippen LogP contribution is -2.74. The highest BCUT2D eigenvalue weighted by Crippen LogP contribution is 2.44. The number of carbonyl (C=O) groups excluding carboxylic acids is 2. The number of β-lactam (4-membered cyclic amide) rings is 1. The Morgan fingerprint density at radius 1 is 1.46 bits per heavy atom. The van der Waals surface area contributed by atoms with E-state index in [0.29, 0.717) is 17.3 Å². The van der Waals surface area contributed by atoms with Crippen LogP contribution in [0.25, 0.3) is 0 Å². The van der Waals surface area contributed by atoms with Crippen LogP contribution < -0.4 is 11.1 Å². The topological polar surface area (TPSA) is 204 Å². The van der Waals surface area contributed by atoms with Gasteiger partial charge in [0.05, 0.1) is 0 Å². The lowest BCUT2D eigenvalue weighted by atomic mass is 9.89. The minimum atomic E-state index is -1.25. The van der Waals surface area contributed by atoms with Crippen LogP contribution in [0, 0.1) is 17.8 Å². The largest absolute Gasteiger partial charge is 0.481 e. The maximum Gasteiger partial charge on any atom is 0.313 e. The number of rotatable bonds is 10. The minimum absolute atomic E-state index is 0.0115. The Morgan fingerprint density at radius 3 is 3.00 bits per heavy atom. The average Bonchev–Trinajstić information content (AvgIpc) is 3.69. The number of terminal acetylenes is 1. The molecule has 2 saturated heterocycles. The molecule has 2 aromatic rings. The van der Waals surface area contributed by atoms with Gasteiger partial charge in [0.2, 0.25) is 22.6 Å². The zero-order chi connectivity index (χ0) is 27.6. The van der Waals surface area contributed by atoms with Gasteiger partial charge in [0.25, 0.3) is 5.91 Å². The number of allylic oxidation sites excluding steroid dienone is 2. The zero-order valence-corrected chi connectivity index (χ0v) is 22.7. The fourth-order valence-corrected chi connectivity index (χ4v) is 7.32. The quantitative estimate of drug-likeness (QED) is 0.108. The number of aliphatic carboxylic acids is 1. The Kier molecular flexibility index (Phi) is 7.72. The van der Waals surface area contributed by atoms with E-state index in [2.05, 4.69) is 41.3 Å². The van der Waals surface area contributed by atoms with Gasteiger partial charge >= 0.3 is 5.97 Å². The summed E-state index contributed by atoms with van der Waals surface area (Å²) in [5.74, 6) is 1.23. The van der Waals surface area contributed by atoms with Crippen molar-refractivity contribution >= 4 is 63.7 Å². The molecule has 5 rings (SSSR count). The zero-order valence-electron chi connectivity index (χ0n) is 20.2. The number of carboxylic acids is 1. The van der Waals surface area contributed by atoms with Gasteiger partial charge in [0.1, 0.15) is 29.1 Å². The standard InChI is InChI=1S/C21H22N10O5S3/c1-2-7-31-20(25-28-29-31)38-10-21(18(34)35)8-30-16(33)13(17(30)37-9-21)23-15(32)12(14-24-19(22)39-27-14)26-36-11-5-3-4-6-11/h1,5,13,17H,3-4,6-10H2,(H,23,32)(H,34,35)(H2,22,24,27)/t13?,17-,21?/m1/s1. The molecule has 4 N–H and O–H groups in total. The summed E-state index contributed by atoms with van der Waals surface area (Å²) in [5.41, 5.74) is 4.23. The molecule has 0 radical (unpaired) electrons. The number of anilines is 1. The molecule has 2 fully saturated rings. The van der Waals surface area contributed by atoms with Crippen LogP contribution >= 0.6 is 35.1 Å². The Hall–Kier alpha value is -3.69. The second-order valence-electron chi connectivity index (χ2n) is 8.87. The van der Waals surface area contributed by atoms with Gasteiger partial charge in [0.15, 0.2) is 5.13 Å². The Morgan fingerprint density at radius 2 is 2.31 bits per heavy atom. The summed E-state index contributed by atoms with van der Waals surface area (Å²) >= 11 is 3.33. The third-order valence-electron chi connectivity index (χ3n) is 6.22. The molecule has 2 aromatic heterocycles. The molecule has 15 nitrogen and oxygen atoms in total. The first-order chi connectivity index (χ1) is 18.8. The van der Waals surface area contributed by atoms with Crippen LogP contribution in [0.3, 0.4) is 0 Å². The number of hydrogen-bond acceptors (Lipinski definition) is 14. The van der Waals surface area contributed by atoms with Gasteiger partial charge in [-0.1, -0.05) is 22.8 Å². The summed E-state index contributed by atoms with van der Waals surface area (Å²) in [6, 6.07) is -0.878. The lowest BCUT2D eigenvalue weighted by molar-refractivity contribution is -0.157. The van der Waals surface area contributed by atoms with Gasteiger partial charge < -0.3 is 25.9 Å². The summed E-state index contributed by atoms with van der Waals surface area (Å²) in [7, 11) is 0. The number of tetrazole rings is 1. The fourth-order valence-electron chi connectivity index (χ4n) is 4.15. The van der Waals surface area contributed by atoms with Crippen molar-refractivity contribution in [3.8, 4) is 12.3 Å². The number of thioether (sulfide) groups is 2. The number of nitrogens with two attached hydrogens (primary N) is 1. The summed E-state index contributed by atoms with van der Waals surface area (Å²) in [5, 5.41) is 28.1. The van der Waals surface area contributed by atoms with Gasteiger partial charge in [0, 0.05) is 36.0 Å². The van der Waals surface area contributed by atoms with Gasteiger partial charge in [-0.25, -0.2) is 4.68 Å². The Bertz CT molecular complexity index is 1400. The van der Waals surface area contributed by atoms with Crippen LogP contribution in [0.5, 0.6) is 0 Å². The molecular weight excluding hydrogens is 568 g/mol. The number of carbonyl (C=O) groups is 3. The van der Waals surface area contributed by atoms with Crippen molar-refractivity contribution in [3.05, 3.63) is 17.7 Å². The maximum absolute atomic E-state index is 13.2. The summed E-state index contributed by atoms with van der Waals surface area (Å²) < 4.78 is 5.45. The monoisotopic (exact) mass is 590 g/mol. The van der Waals surface area contributed by atoms with E-state index in [1.54, 1.807) is 0 Å². The molecule has 0 spiro atoms. The van der Waals surface area contributed by atoms with Crippen LogP contribution in [-0.2, 0) is 25.8 Å². The highest BCUT2D eigenvalue weighted by atomic mass is 32.2. The summed E-state index contributed by atoms with van der Waals surface area (Å²) in [6.45, 7) is 0.118. The normalized spacial score (nSPS) is 24.4. The molecule has 2 unspecified atom stereocenters. The van der Waals surface area contributed by atoms with Crippen LogP contribution in [-0.4, -0.2) is 92.5 Å². The first-order valence-electron chi connectivity index (χ1n) is 11.6. The fraction of sp³-hybridized carbons (Fsp3) is 0.476.